The Morgan fingerprint density at radius 3 is 3.33 bits per heavy atom. The van der Waals surface area contributed by atoms with Crippen molar-refractivity contribution in [2.75, 3.05) is 0 Å². The maximum absolute atomic E-state index is 3.90. The highest BCUT2D eigenvalue weighted by molar-refractivity contribution is 6.20. The fraction of sp³-hybridized carbons (Fsp3) is 0. The number of hydrazone groups is 1. The largest absolute Gasteiger partial charge is 0.403 e. The molecule has 0 aromatic heterocycles. The molecule has 0 amide bonds. The van der Waals surface area contributed by atoms with E-state index in [-0.39, 0.29) is 0 Å². The number of hydrogen-bond donors (Lipinski definition) is 0. The second-order valence-electron chi connectivity index (χ2n) is 1.54. The average Bonchev–Trinajstić information content (AvgIpc) is 2.33. The number of guanidine groups is 1. The van der Waals surface area contributed by atoms with Crippen LogP contribution in [0.2, 0.25) is 0 Å². The molecule has 0 saturated heterocycles. The summed E-state index contributed by atoms with van der Waals surface area (Å²) in [7, 11) is 0. The first kappa shape index (κ1) is 4.35. The average molecular weight is 119 g/mol. The lowest BCUT2D eigenvalue weighted by Gasteiger charge is -1.94. The van der Waals surface area contributed by atoms with Gasteiger partial charge in [0, 0.05) is 5.01 Å². The highest BCUT2D eigenvalue weighted by Gasteiger charge is 2.25. The fourth-order valence-corrected chi connectivity index (χ4v) is 0.623. The number of nitrogens with zero attached hydrogens (tertiary/aromatic N) is 4. The second-order valence-corrected chi connectivity index (χ2v) is 1.54. The molecule has 0 N–H and O–H groups in total. The number of hydrogen-bond acceptors (Lipinski definition) is 4. The van der Waals surface area contributed by atoms with Crippen molar-refractivity contribution in [1.29, 1.82) is 0 Å². The molecule has 2 aliphatic rings. The van der Waals surface area contributed by atoms with Gasteiger partial charge >= 0.3 is 5.96 Å². The summed E-state index contributed by atoms with van der Waals surface area (Å²) in [4.78, 5) is 7.75. The van der Waals surface area contributed by atoms with Gasteiger partial charge in [0.2, 0.25) is 12.4 Å². The Labute approximate surface area is 51.9 Å². The van der Waals surface area contributed by atoms with Crippen LogP contribution in [0.3, 0.4) is 0 Å². The molecular weight excluding hydrogens is 116 g/mol. The molecule has 0 atom stereocenters. The van der Waals surface area contributed by atoms with Crippen LogP contribution in [0.1, 0.15) is 0 Å². The first-order chi connectivity index (χ1) is 4.47. The van der Waals surface area contributed by atoms with Gasteiger partial charge in [0.1, 0.15) is 0 Å². The molecule has 0 bridgehead atoms. The topological polar surface area (TPSA) is 40.3 Å². The van der Waals surface area contributed by atoms with Crippen molar-refractivity contribution in [1.82, 2.24) is 5.01 Å². The molecule has 42 valence electrons. The highest BCUT2D eigenvalue weighted by Crippen LogP contribution is 2.04. The van der Waals surface area contributed by atoms with Gasteiger partial charge in [-0.1, -0.05) is 4.99 Å². The Morgan fingerprint density at radius 1 is 1.44 bits per heavy atom. The van der Waals surface area contributed by atoms with Crippen molar-refractivity contribution >= 4 is 18.4 Å². The Kier molecular flexibility index (Phi) is 0.709. The van der Waals surface area contributed by atoms with Gasteiger partial charge in [-0.25, -0.2) is 0 Å². The lowest BCUT2D eigenvalue weighted by atomic mass is 10.7. The summed E-state index contributed by atoms with van der Waals surface area (Å²) in [5.74, 6) is 0.581. The molecule has 2 rings (SSSR count). The van der Waals surface area contributed by atoms with E-state index in [4.69, 9.17) is 0 Å². The van der Waals surface area contributed by atoms with Gasteiger partial charge in [0.25, 0.3) is 0 Å². The molecule has 0 radical (unpaired) electrons. The SMILES string of the molecule is [C+]1=CN=C2N=CC=NN12. The van der Waals surface area contributed by atoms with Gasteiger partial charge in [-0.05, 0) is 0 Å². The summed E-state index contributed by atoms with van der Waals surface area (Å²) in [6, 6.07) is 0. The van der Waals surface area contributed by atoms with Crippen molar-refractivity contribution in [2.45, 2.75) is 0 Å². The van der Waals surface area contributed by atoms with Crippen molar-refractivity contribution in [3.63, 3.8) is 0 Å². The van der Waals surface area contributed by atoms with Crippen LogP contribution in [0.4, 0.5) is 0 Å². The van der Waals surface area contributed by atoms with Crippen molar-refractivity contribution in [3.05, 3.63) is 12.4 Å². The Hall–Kier alpha value is -1.54. The third kappa shape index (κ3) is 0.538. The molecule has 2 aliphatic heterocycles. The van der Waals surface area contributed by atoms with Crippen LogP contribution < -0.4 is 0 Å². The molecule has 4 heteroatoms. The molecular formula is C5H3N4+. The summed E-state index contributed by atoms with van der Waals surface area (Å²) in [5.41, 5.74) is 0. The van der Waals surface area contributed by atoms with Gasteiger partial charge in [-0.15, -0.1) is 10.1 Å². The van der Waals surface area contributed by atoms with E-state index in [2.05, 4.69) is 21.3 Å². The van der Waals surface area contributed by atoms with Crippen LogP contribution in [-0.4, -0.2) is 23.4 Å². The minimum absolute atomic E-state index is 0.581. The van der Waals surface area contributed by atoms with E-state index in [9.17, 15) is 0 Å². The molecule has 0 unspecified atom stereocenters. The normalized spacial score (nSPS) is 19.6. The Bertz CT molecular complexity index is 235. The van der Waals surface area contributed by atoms with Gasteiger partial charge < -0.3 is 0 Å². The minimum Gasteiger partial charge on any atom is -0.125 e. The van der Waals surface area contributed by atoms with Crippen LogP contribution in [0, 0.1) is 6.20 Å². The molecule has 0 spiro atoms. The highest BCUT2D eigenvalue weighted by atomic mass is 15.5. The number of aliphatic imine (C=N–C) groups is 2. The van der Waals surface area contributed by atoms with E-state index >= 15 is 0 Å². The maximum atomic E-state index is 3.90. The molecule has 0 aromatic rings. The van der Waals surface area contributed by atoms with Gasteiger partial charge in [0.15, 0.2) is 0 Å². The van der Waals surface area contributed by atoms with E-state index in [0.29, 0.717) is 5.96 Å². The van der Waals surface area contributed by atoms with Crippen LogP contribution in [0.5, 0.6) is 0 Å². The van der Waals surface area contributed by atoms with Crippen molar-refractivity contribution in [2.24, 2.45) is 15.1 Å². The third-order valence-corrected chi connectivity index (χ3v) is 0.988. The zero-order chi connectivity index (χ0) is 6.10. The fourth-order valence-electron chi connectivity index (χ4n) is 0.623. The number of fused-ring (bicyclic) bond motifs is 1. The summed E-state index contributed by atoms with van der Waals surface area (Å²) in [6.45, 7) is 0. The van der Waals surface area contributed by atoms with Crippen LogP contribution in [-0.2, 0) is 0 Å². The minimum atomic E-state index is 0.581. The first-order valence-electron chi connectivity index (χ1n) is 2.49. The Morgan fingerprint density at radius 2 is 2.44 bits per heavy atom. The zero-order valence-electron chi connectivity index (χ0n) is 4.52. The van der Waals surface area contributed by atoms with Crippen molar-refractivity contribution in [3.8, 4) is 0 Å². The second kappa shape index (κ2) is 1.47. The lowest BCUT2D eigenvalue weighted by molar-refractivity contribution is 0.586. The van der Waals surface area contributed by atoms with Gasteiger partial charge in [-0.3, -0.25) is 0 Å². The molecule has 0 aromatic carbocycles. The van der Waals surface area contributed by atoms with E-state index in [1.807, 2.05) is 0 Å². The summed E-state index contributed by atoms with van der Waals surface area (Å²) in [6.07, 6.45) is 7.47. The van der Waals surface area contributed by atoms with Crippen molar-refractivity contribution < 1.29 is 0 Å². The molecule has 4 nitrogen and oxygen atoms in total. The van der Waals surface area contributed by atoms with E-state index in [1.165, 1.54) is 11.2 Å². The summed E-state index contributed by atoms with van der Waals surface area (Å²) < 4.78 is 0. The monoisotopic (exact) mass is 119 g/mol. The van der Waals surface area contributed by atoms with Crippen LogP contribution >= 0.6 is 0 Å². The standard InChI is InChI=1S/C5H3N4/c1-2-8-9-4-3-7-5(9)6-1/h1-3H/q+1. The predicted molar refractivity (Wildman–Crippen MR) is 34.1 cm³/mol. The predicted octanol–water partition coefficient (Wildman–Crippen LogP) is 0.00259. The molecule has 9 heavy (non-hydrogen) atoms. The molecule has 2 heterocycles. The molecule has 0 fully saturated rings. The zero-order valence-corrected chi connectivity index (χ0v) is 4.52. The van der Waals surface area contributed by atoms with Gasteiger partial charge in [0.05, 0.1) is 12.4 Å². The number of rotatable bonds is 0. The maximum Gasteiger partial charge on any atom is 0.403 e. The van der Waals surface area contributed by atoms with E-state index in [1.54, 1.807) is 12.4 Å². The lowest BCUT2D eigenvalue weighted by Crippen LogP contribution is -2.18. The van der Waals surface area contributed by atoms with E-state index in [0.717, 1.165) is 0 Å². The molecule has 0 aliphatic carbocycles. The first-order valence-corrected chi connectivity index (χ1v) is 2.49. The Balaban J connectivity index is 2.40. The van der Waals surface area contributed by atoms with E-state index < -0.39 is 0 Å². The smallest absolute Gasteiger partial charge is 0.125 e. The van der Waals surface area contributed by atoms with Gasteiger partial charge in [-0.2, -0.15) is 0 Å². The summed E-state index contributed by atoms with van der Waals surface area (Å²) >= 11 is 0. The van der Waals surface area contributed by atoms with Crippen LogP contribution in [0.25, 0.3) is 0 Å². The van der Waals surface area contributed by atoms with Crippen LogP contribution in [0.15, 0.2) is 21.3 Å². The summed E-state index contributed by atoms with van der Waals surface area (Å²) in [5, 5.41) is 5.36. The third-order valence-electron chi connectivity index (χ3n) is 0.988. The quantitative estimate of drug-likeness (QED) is 0.414. The molecule has 0 saturated carbocycles.